The van der Waals surface area contributed by atoms with Crippen LogP contribution in [0.4, 0.5) is 5.69 Å². The van der Waals surface area contributed by atoms with Crippen molar-refractivity contribution < 1.29 is 23.8 Å². The molecule has 1 aromatic heterocycles. The highest BCUT2D eigenvalue weighted by Crippen LogP contribution is 2.35. The minimum absolute atomic E-state index is 0.00835. The van der Waals surface area contributed by atoms with Crippen LogP contribution in [0.15, 0.2) is 33.8 Å². The molecule has 9 heteroatoms. The van der Waals surface area contributed by atoms with Gasteiger partial charge >= 0.3 is 11.9 Å². The van der Waals surface area contributed by atoms with Crippen LogP contribution in [-0.4, -0.2) is 49.7 Å². The van der Waals surface area contributed by atoms with E-state index in [1.807, 2.05) is 18.2 Å². The number of hydrogen-bond donors (Lipinski definition) is 0. The van der Waals surface area contributed by atoms with Crippen LogP contribution in [0.1, 0.15) is 13.8 Å². The van der Waals surface area contributed by atoms with Gasteiger partial charge in [0.05, 0.1) is 36.6 Å². The van der Waals surface area contributed by atoms with Crippen molar-refractivity contribution in [3.63, 3.8) is 0 Å². The van der Waals surface area contributed by atoms with Crippen molar-refractivity contribution in [1.82, 2.24) is 4.98 Å². The van der Waals surface area contributed by atoms with E-state index < -0.39 is 11.9 Å². The molecule has 2 aromatic rings. The Bertz CT molecular complexity index is 906. The molecular formula is C18H20N2O5S2. The average molecular weight is 409 g/mol. The molecule has 1 aromatic carbocycles. The van der Waals surface area contributed by atoms with Gasteiger partial charge in [0.25, 0.3) is 0 Å². The third-order valence-corrected chi connectivity index (χ3v) is 5.95. The first-order chi connectivity index (χ1) is 12.9. The normalized spacial score (nSPS) is 14.8. The number of anilines is 1. The van der Waals surface area contributed by atoms with E-state index in [0.29, 0.717) is 10.9 Å². The van der Waals surface area contributed by atoms with E-state index in [-0.39, 0.29) is 24.6 Å². The van der Waals surface area contributed by atoms with Gasteiger partial charge in [0, 0.05) is 10.9 Å². The third-order valence-electron chi connectivity index (χ3n) is 3.83. The number of ether oxygens (including phenoxy) is 3. The molecule has 0 saturated carbocycles. The maximum atomic E-state index is 12.4. The first kappa shape index (κ1) is 19.7. The summed E-state index contributed by atoms with van der Waals surface area (Å²) >= 11 is 3.30. The summed E-state index contributed by atoms with van der Waals surface area (Å²) in [5.74, 6) is -1.23. The minimum atomic E-state index is -0.616. The molecule has 0 saturated heterocycles. The van der Waals surface area contributed by atoms with Gasteiger partial charge in [0.2, 0.25) is 0 Å². The lowest BCUT2D eigenvalue weighted by Crippen LogP contribution is -2.38. The van der Waals surface area contributed by atoms with Crippen molar-refractivity contribution in [3.05, 3.63) is 29.5 Å². The maximum Gasteiger partial charge on any atom is 0.355 e. The molecule has 0 spiro atoms. The molecule has 3 rings (SSSR count). The molecule has 144 valence electrons. The number of rotatable bonds is 5. The van der Waals surface area contributed by atoms with Gasteiger partial charge in [-0.3, -0.25) is 0 Å². The topological polar surface area (TPSA) is 78.0 Å². The maximum absolute atomic E-state index is 12.4. The molecule has 0 atom stereocenters. The summed E-state index contributed by atoms with van der Waals surface area (Å²) in [5, 5.41) is 0.442. The van der Waals surface area contributed by atoms with E-state index in [1.165, 1.54) is 14.2 Å². The number of benzene rings is 1. The predicted molar refractivity (Wildman–Crippen MR) is 105 cm³/mol. The fourth-order valence-electron chi connectivity index (χ4n) is 2.66. The summed E-state index contributed by atoms with van der Waals surface area (Å²) in [4.78, 5) is 30.7. The highest BCUT2D eigenvalue weighted by atomic mass is 32.2. The number of nitrogens with zero attached hydrogens (tertiary/aromatic N) is 2. The zero-order chi connectivity index (χ0) is 19.6. The lowest BCUT2D eigenvalue weighted by atomic mass is 10.1. The fourth-order valence-corrected chi connectivity index (χ4v) is 4.98. The van der Waals surface area contributed by atoms with Crippen LogP contribution in [0.25, 0.3) is 10.2 Å². The summed E-state index contributed by atoms with van der Waals surface area (Å²) in [6.45, 7) is 4.36. The second-order valence-electron chi connectivity index (χ2n) is 6.01. The highest BCUT2D eigenvalue weighted by molar-refractivity contribution is 8.01. The summed E-state index contributed by atoms with van der Waals surface area (Å²) in [6.07, 6.45) is 0. The molecule has 0 amide bonds. The van der Waals surface area contributed by atoms with Gasteiger partial charge in [-0.25, -0.2) is 14.6 Å². The van der Waals surface area contributed by atoms with Crippen LogP contribution in [0.5, 0.6) is 0 Å². The number of methoxy groups -OCH3 is 2. The quantitative estimate of drug-likeness (QED) is 0.551. The minimum Gasteiger partial charge on any atom is -0.466 e. The van der Waals surface area contributed by atoms with Gasteiger partial charge in [-0.1, -0.05) is 25.6 Å². The highest BCUT2D eigenvalue weighted by Gasteiger charge is 2.32. The van der Waals surface area contributed by atoms with Crippen molar-refractivity contribution in [3.8, 4) is 0 Å². The summed E-state index contributed by atoms with van der Waals surface area (Å²) in [7, 11) is 2.54. The lowest BCUT2D eigenvalue weighted by Gasteiger charge is -2.31. The lowest BCUT2D eigenvalue weighted by molar-refractivity contribution is -0.140. The molecule has 0 bridgehead atoms. The Labute approximate surface area is 165 Å². The van der Waals surface area contributed by atoms with Gasteiger partial charge in [-0.2, -0.15) is 0 Å². The van der Waals surface area contributed by atoms with Gasteiger partial charge < -0.3 is 19.1 Å². The predicted octanol–water partition coefficient (Wildman–Crippen LogP) is 3.19. The van der Waals surface area contributed by atoms with Gasteiger partial charge in [0.1, 0.15) is 12.4 Å². The number of aromatic nitrogens is 1. The number of esters is 2. The number of thiazole rings is 1. The number of hydrogen-bond acceptors (Lipinski definition) is 9. The van der Waals surface area contributed by atoms with E-state index in [2.05, 4.69) is 18.8 Å². The first-order valence-electron chi connectivity index (χ1n) is 8.27. The molecular weight excluding hydrogens is 388 g/mol. The largest absolute Gasteiger partial charge is 0.466 e. The smallest absolute Gasteiger partial charge is 0.355 e. The molecule has 7 nitrogen and oxygen atoms in total. The molecule has 1 aliphatic rings. The van der Waals surface area contributed by atoms with Crippen molar-refractivity contribution >= 4 is 50.9 Å². The molecule has 2 heterocycles. The summed E-state index contributed by atoms with van der Waals surface area (Å²) < 4.78 is 17.2. The van der Waals surface area contributed by atoms with Crippen LogP contribution in [-0.2, 0) is 23.8 Å². The van der Waals surface area contributed by atoms with E-state index >= 15 is 0 Å². The average Bonchev–Trinajstić information content (AvgIpc) is 3.06. The van der Waals surface area contributed by atoms with E-state index in [4.69, 9.17) is 14.2 Å². The van der Waals surface area contributed by atoms with Crippen LogP contribution >= 0.6 is 23.1 Å². The van der Waals surface area contributed by atoms with Crippen molar-refractivity contribution in [1.29, 1.82) is 0 Å². The van der Waals surface area contributed by atoms with Gasteiger partial charge in [0.15, 0.2) is 4.34 Å². The summed E-state index contributed by atoms with van der Waals surface area (Å²) in [6, 6.07) is 5.68. The van der Waals surface area contributed by atoms with E-state index in [0.717, 1.165) is 14.6 Å². The fraction of sp³-hybridized carbons (Fsp3) is 0.389. The van der Waals surface area contributed by atoms with E-state index in [9.17, 15) is 9.59 Å². The Morgan fingerprint density at radius 1 is 1.26 bits per heavy atom. The molecule has 1 aliphatic heterocycles. The number of carbonyl (C=O) groups excluding carboxylic acids is 2. The monoisotopic (exact) mass is 408 g/mol. The SMILES string of the molecule is COC(=O)C1=C(C(=O)OC)N(c2ccc3nc(SC(C)C)sc3c2)COC1. The Morgan fingerprint density at radius 3 is 2.67 bits per heavy atom. The Kier molecular flexibility index (Phi) is 6.03. The number of carbonyl (C=O) groups is 2. The van der Waals surface area contributed by atoms with Crippen LogP contribution < -0.4 is 4.90 Å². The van der Waals surface area contributed by atoms with Gasteiger partial charge in [-0.15, -0.1) is 11.3 Å². The van der Waals surface area contributed by atoms with Crippen LogP contribution in [0.2, 0.25) is 0 Å². The summed E-state index contributed by atoms with van der Waals surface area (Å²) in [5.41, 5.74) is 1.88. The molecule has 0 N–H and O–H groups in total. The zero-order valence-electron chi connectivity index (χ0n) is 15.5. The molecule has 27 heavy (non-hydrogen) atoms. The molecule has 0 aliphatic carbocycles. The number of fused-ring (bicyclic) bond motifs is 1. The Hall–Kier alpha value is -2.10. The second kappa shape index (κ2) is 8.28. The van der Waals surface area contributed by atoms with Crippen molar-refractivity contribution in [2.24, 2.45) is 0 Å². The van der Waals surface area contributed by atoms with Crippen molar-refractivity contribution in [2.75, 3.05) is 32.5 Å². The molecule has 0 unspecified atom stereocenters. The third kappa shape index (κ3) is 4.10. The van der Waals surface area contributed by atoms with Gasteiger partial charge in [-0.05, 0) is 18.2 Å². The van der Waals surface area contributed by atoms with Crippen LogP contribution in [0, 0.1) is 0 Å². The Balaban J connectivity index is 2.04. The molecule has 0 radical (unpaired) electrons. The standard InChI is InChI=1S/C18H20N2O5S2/c1-10(2)26-18-19-13-6-5-11(7-14(13)27-18)20-9-25-8-12(16(21)23-3)15(20)17(22)24-4/h5-7,10H,8-9H2,1-4H3. The number of thioether (sulfide) groups is 1. The van der Waals surface area contributed by atoms with Crippen LogP contribution in [0.3, 0.4) is 0 Å². The van der Waals surface area contributed by atoms with E-state index in [1.54, 1.807) is 28.0 Å². The molecule has 0 fully saturated rings. The van der Waals surface area contributed by atoms with Crippen molar-refractivity contribution in [2.45, 2.75) is 23.4 Å². The Morgan fingerprint density at radius 2 is 2.00 bits per heavy atom. The zero-order valence-corrected chi connectivity index (χ0v) is 17.1. The first-order valence-corrected chi connectivity index (χ1v) is 9.96. The second-order valence-corrected chi connectivity index (χ2v) is 8.87.